The Kier molecular flexibility index (Phi) is 6.57. The van der Waals surface area contributed by atoms with Crippen molar-refractivity contribution in [2.24, 2.45) is 0 Å². The lowest BCUT2D eigenvalue weighted by atomic mass is 10.1. The van der Waals surface area contributed by atoms with Crippen LogP contribution in [0, 0.1) is 0 Å². The minimum absolute atomic E-state index is 0.335. The lowest BCUT2D eigenvalue weighted by molar-refractivity contribution is 0.320. The fraction of sp³-hybridized carbons (Fsp3) is 0.348. The molecule has 0 spiro atoms. The van der Waals surface area contributed by atoms with Gasteiger partial charge in [0.1, 0.15) is 5.75 Å². The van der Waals surface area contributed by atoms with E-state index >= 15 is 0 Å². The normalized spacial score (nSPS) is 12.0. The van der Waals surface area contributed by atoms with Gasteiger partial charge in [-0.2, -0.15) is 0 Å². The molecule has 0 amide bonds. The van der Waals surface area contributed by atoms with Gasteiger partial charge in [-0.1, -0.05) is 25.1 Å². The lowest BCUT2D eigenvalue weighted by Crippen LogP contribution is -2.40. The van der Waals surface area contributed by atoms with Gasteiger partial charge in [-0.05, 0) is 68.4 Å². The van der Waals surface area contributed by atoms with Crippen LogP contribution in [0.3, 0.4) is 0 Å². The summed E-state index contributed by atoms with van der Waals surface area (Å²) >= 11 is 5.80. The zero-order valence-electron chi connectivity index (χ0n) is 17.1. The second-order valence-electron chi connectivity index (χ2n) is 7.00. The summed E-state index contributed by atoms with van der Waals surface area (Å²) in [4.78, 5) is 2.28. The molecule has 0 aliphatic rings. The Morgan fingerprint density at radius 3 is 2.50 bits per heavy atom. The highest BCUT2D eigenvalue weighted by atomic mass is 32.1. The molecule has 1 heterocycles. The first-order valence-electron chi connectivity index (χ1n) is 9.85. The Morgan fingerprint density at radius 2 is 1.86 bits per heavy atom. The quantitative estimate of drug-likeness (QED) is 0.522. The molecule has 0 fully saturated rings. The molecule has 1 atom stereocenters. The van der Waals surface area contributed by atoms with E-state index in [1.54, 1.807) is 7.11 Å². The number of rotatable bonds is 7. The summed E-state index contributed by atoms with van der Waals surface area (Å²) in [6.07, 6.45) is 3.28. The highest BCUT2D eigenvalue weighted by Crippen LogP contribution is 2.24. The maximum Gasteiger partial charge on any atom is 0.173 e. The Morgan fingerprint density at radius 1 is 1.14 bits per heavy atom. The van der Waals surface area contributed by atoms with Gasteiger partial charge in [0, 0.05) is 41.9 Å². The first kappa shape index (κ1) is 20.2. The monoisotopic (exact) mass is 395 g/mol. The van der Waals surface area contributed by atoms with E-state index < -0.39 is 0 Å². The molecule has 0 saturated carbocycles. The number of benzene rings is 2. The molecule has 4 nitrogen and oxygen atoms in total. The number of nitrogens with one attached hydrogen (secondary N) is 1. The molecule has 0 unspecified atom stereocenters. The van der Waals surface area contributed by atoms with Gasteiger partial charge in [0.05, 0.1) is 7.11 Å². The number of thiocarbonyl (C=S) groups is 1. The molecule has 0 radical (unpaired) electrons. The minimum atomic E-state index is 0.335. The minimum Gasteiger partial charge on any atom is -0.497 e. The molecule has 28 heavy (non-hydrogen) atoms. The summed E-state index contributed by atoms with van der Waals surface area (Å²) in [5, 5.41) is 5.43. The Bertz CT molecular complexity index is 933. The molecule has 2 aromatic carbocycles. The van der Waals surface area contributed by atoms with Crippen molar-refractivity contribution in [3.63, 3.8) is 0 Å². The second-order valence-corrected chi connectivity index (χ2v) is 7.39. The van der Waals surface area contributed by atoms with Gasteiger partial charge in [0.15, 0.2) is 5.11 Å². The van der Waals surface area contributed by atoms with Crippen LogP contribution >= 0.6 is 12.2 Å². The molecule has 0 aliphatic heterocycles. The third kappa shape index (κ3) is 4.30. The molecule has 1 N–H and O–H groups in total. The maximum absolute atomic E-state index is 5.80. The number of ether oxygens (including phenoxy) is 1. The van der Waals surface area contributed by atoms with Gasteiger partial charge in [-0.25, -0.2) is 0 Å². The van der Waals surface area contributed by atoms with Gasteiger partial charge < -0.3 is 19.5 Å². The van der Waals surface area contributed by atoms with Crippen LogP contribution in [-0.2, 0) is 13.1 Å². The number of hydrogen-bond donors (Lipinski definition) is 1. The largest absolute Gasteiger partial charge is 0.497 e. The molecule has 3 aromatic rings. The average Bonchev–Trinajstić information content (AvgIpc) is 3.09. The summed E-state index contributed by atoms with van der Waals surface area (Å²) in [5.41, 5.74) is 3.55. The summed E-state index contributed by atoms with van der Waals surface area (Å²) < 4.78 is 7.54. The SMILES string of the molecule is CC[C@H](C)N(Cc1cn(CC)c2ccccc12)C(=S)Nc1ccc(OC)cc1. The van der Waals surface area contributed by atoms with Crippen molar-refractivity contribution in [3.05, 3.63) is 60.3 Å². The fourth-order valence-corrected chi connectivity index (χ4v) is 3.77. The van der Waals surface area contributed by atoms with E-state index in [2.05, 4.69) is 66.0 Å². The third-order valence-electron chi connectivity index (χ3n) is 5.28. The van der Waals surface area contributed by atoms with Gasteiger partial charge in [-0.3, -0.25) is 0 Å². The topological polar surface area (TPSA) is 29.4 Å². The maximum atomic E-state index is 5.80. The first-order chi connectivity index (χ1) is 13.6. The van der Waals surface area contributed by atoms with E-state index in [1.165, 1.54) is 16.5 Å². The number of aryl methyl sites for hydroxylation is 1. The van der Waals surface area contributed by atoms with Crippen molar-refractivity contribution in [2.45, 2.75) is 46.3 Å². The van der Waals surface area contributed by atoms with E-state index in [1.807, 2.05) is 24.3 Å². The van der Waals surface area contributed by atoms with Gasteiger partial charge in [0.2, 0.25) is 0 Å². The number of para-hydroxylation sites is 1. The fourth-order valence-electron chi connectivity index (χ4n) is 3.41. The summed E-state index contributed by atoms with van der Waals surface area (Å²) in [6, 6.07) is 16.8. The highest BCUT2D eigenvalue weighted by molar-refractivity contribution is 7.80. The van der Waals surface area contributed by atoms with E-state index in [4.69, 9.17) is 17.0 Å². The van der Waals surface area contributed by atoms with Crippen LogP contribution in [0.1, 0.15) is 32.8 Å². The van der Waals surface area contributed by atoms with Crippen molar-refractivity contribution >= 4 is 33.9 Å². The summed E-state index contributed by atoms with van der Waals surface area (Å²) in [5.74, 6) is 0.836. The molecule has 0 aliphatic carbocycles. The predicted octanol–water partition coefficient (Wildman–Crippen LogP) is 5.67. The van der Waals surface area contributed by atoms with Gasteiger partial charge in [-0.15, -0.1) is 0 Å². The smallest absolute Gasteiger partial charge is 0.173 e. The van der Waals surface area contributed by atoms with Crippen LogP contribution in [0.25, 0.3) is 10.9 Å². The zero-order chi connectivity index (χ0) is 20.1. The highest BCUT2D eigenvalue weighted by Gasteiger charge is 2.19. The standard InChI is InChI=1S/C23H29N3OS/c1-5-17(3)26(23(28)24-19-11-13-20(27-4)14-12-19)16-18-15-25(6-2)22-10-8-7-9-21(18)22/h7-15,17H,5-6,16H2,1-4H3,(H,24,28)/t17-/m0/s1. The van der Waals surface area contributed by atoms with Crippen LogP contribution in [0.15, 0.2) is 54.7 Å². The number of nitrogens with zero attached hydrogens (tertiary/aromatic N) is 2. The van der Waals surface area contributed by atoms with Crippen LogP contribution < -0.4 is 10.1 Å². The summed E-state index contributed by atoms with van der Waals surface area (Å²) in [7, 11) is 1.67. The van der Waals surface area contributed by atoms with E-state index in [0.29, 0.717) is 6.04 Å². The van der Waals surface area contributed by atoms with Crippen LogP contribution in [0.2, 0.25) is 0 Å². The second kappa shape index (κ2) is 9.11. The van der Waals surface area contributed by atoms with Gasteiger partial charge >= 0.3 is 0 Å². The van der Waals surface area contributed by atoms with Crippen molar-refractivity contribution in [1.29, 1.82) is 0 Å². The van der Waals surface area contributed by atoms with E-state index in [-0.39, 0.29) is 0 Å². The Hall–Kier alpha value is -2.53. The van der Waals surface area contributed by atoms with Crippen LogP contribution in [-0.4, -0.2) is 27.7 Å². The third-order valence-corrected chi connectivity index (χ3v) is 5.61. The Labute approximate surface area is 173 Å². The number of hydrogen-bond acceptors (Lipinski definition) is 2. The first-order valence-corrected chi connectivity index (χ1v) is 10.3. The van der Waals surface area contributed by atoms with Crippen molar-refractivity contribution in [1.82, 2.24) is 9.47 Å². The number of anilines is 1. The number of methoxy groups -OCH3 is 1. The number of aromatic nitrogens is 1. The molecule has 5 heteroatoms. The van der Waals surface area contributed by atoms with Crippen molar-refractivity contribution in [3.8, 4) is 5.75 Å². The average molecular weight is 396 g/mol. The Balaban J connectivity index is 1.85. The van der Waals surface area contributed by atoms with Crippen molar-refractivity contribution in [2.75, 3.05) is 12.4 Å². The molecule has 0 saturated heterocycles. The molecule has 1 aromatic heterocycles. The van der Waals surface area contributed by atoms with Crippen LogP contribution in [0.5, 0.6) is 5.75 Å². The molecule has 3 rings (SSSR count). The van der Waals surface area contributed by atoms with E-state index in [9.17, 15) is 0 Å². The lowest BCUT2D eigenvalue weighted by Gasteiger charge is -2.31. The molecule has 148 valence electrons. The summed E-state index contributed by atoms with van der Waals surface area (Å²) in [6.45, 7) is 8.34. The van der Waals surface area contributed by atoms with Crippen molar-refractivity contribution < 1.29 is 4.74 Å². The molecule has 0 bridgehead atoms. The predicted molar refractivity (Wildman–Crippen MR) is 122 cm³/mol. The van der Waals surface area contributed by atoms with E-state index in [0.717, 1.165) is 36.1 Å². The molecular weight excluding hydrogens is 366 g/mol. The van der Waals surface area contributed by atoms with Crippen LogP contribution in [0.4, 0.5) is 5.69 Å². The zero-order valence-corrected chi connectivity index (χ0v) is 17.9. The van der Waals surface area contributed by atoms with Gasteiger partial charge in [0.25, 0.3) is 0 Å². The molecular formula is C23H29N3OS. The number of fused-ring (bicyclic) bond motifs is 1.